The van der Waals surface area contributed by atoms with Crippen molar-refractivity contribution in [2.24, 2.45) is 0 Å². The molecule has 0 fully saturated rings. The molecule has 0 unspecified atom stereocenters. The predicted octanol–water partition coefficient (Wildman–Crippen LogP) is -1.79. The lowest BCUT2D eigenvalue weighted by atomic mass is 13.1. The van der Waals surface area contributed by atoms with Crippen molar-refractivity contribution in [1.29, 1.82) is 0 Å². The summed E-state index contributed by atoms with van der Waals surface area (Å²) in [6.45, 7) is 0. The third-order valence-electron chi connectivity index (χ3n) is 0. The third-order valence-corrected chi connectivity index (χ3v) is 0. The molecule has 0 spiro atoms. The van der Waals surface area contributed by atoms with E-state index in [0.29, 0.717) is 0 Å². The summed E-state index contributed by atoms with van der Waals surface area (Å²) in [5.74, 6) is 0. The van der Waals surface area contributed by atoms with E-state index in [1.54, 1.807) is 0 Å². The molecule has 0 aliphatic heterocycles. The van der Waals surface area contributed by atoms with Gasteiger partial charge in [-0.2, -0.15) is 0 Å². The molecule has 10 nitrogen and oxygen atoms in total. The summed E-state index contributed by atoms with van der Waals surface area (Å²) in [7, 11) is -5.14. The normalized spacial score (nSPS) is 7.55. The van der Waals surface area contributed by atoms with Crippen molar-refractivity contribution in [2.75, 3.05) is 0 Å². The summed E-state index contributed by atoms with van der Waals surface area (Å²) in [6, 6.07) is 0. The quantitative estimate of drug-likeness (QED) is 0.197. The molecule has 0 atom stereocenters. The first-order valence-electron chi connectivity index (χ1n) is 1.31. The van der Waals surface area contributed by atoms with Gasteiger partial charge < -0.3 is 36.8 Å². The second-order valence-corrected chi connectivity index (χ2v) is 1.64. The lowest BCUT2D eigenvalue weighted by molar-refractivity contribution is -0.742. The predicted molar refractivity (Wildman–Crippen MR) is 30.6 cm³/mol. The van der Waals surface area contributed by atoms with Gasteiger partial charge in [0.2, 0.25) is 0 Å². The number of phosphoric acid groups is 1. The maximum absolute atomic E-state index is 8.66. The number of hydrogen-bond acceptors (Lipinski definition) is 5. The van der Waals surface area contributed by atoms with Crippen LogP contribution in [-0.4, -0.2) is 15.2 Å². The van der Waals surface area contributed by atoms with Gasteiger partial charge in [-0.25, -0.2) is 0 Å². The average molecular weight is 195 g/mol. The Bertz CT molecular complexity index is 113. The van der Waals surface area contributed by atoms with Gasteiger partial charge in [0.05, 0.1) is 7.82 Å². The Balaban J connectivity index is -0.0000000383. The van der Waals surface area contributed by atoms with Gasteiger partial charge in [0.1, 0.15) is 0 Å². The van der Waals surface area contributed by atoms with Gasteiger partial charge in [0.15, 0.2) is 0 Å². The Morgan fingerprint density at radius 1 is 1.27 bits per heavy atom. The molecule has 0 aromatic carbocycles. The fourth-order valence-electron chi connectivity index (χ4n) is 0. The van der Waals surface area contributed by atoms with E-state index in [4.69, 9.17) is 34.6 Å². The van der Waals surface area contributed by atoms with Crippen LogP contribution in [0, 0.1) is 10.1 Å². The maximum atomic E-state index is 8.66. The fourth-order valence-corrected chi connectivity index (χ4v) is 0. The first-order valence-corrected chi connectivity index (χ1v) is 2.81. The Kier molecular flexibility index (Phi) is 18.8. The van der Waals surface area contributed by atoms with Crippen molar-refractivity contribution in [3.63, 3.8) is 0 Å². The van der Waals surface area contributed by atoms with Crippen molar-refractivity contribution in [3.05, 3.63) is 10.1 Å². The lowest BCUT2D eigenvalue weighted by Crippen LogP contribution is -2.11. The summed E-state index contributed by atoms with van der Waals surface area (Å²) in [6.07, 6.45) is 0. The van der Waals surface area contributed by atoms with Crippen LogP contribution in [-0.2, 0) is 4.57 Å². The molecule has 0 saturated heterocycles. The van der Waals surface area contributed by atoms with Gasteiger partial charge >= 0.3 is 0 Å². The second kappa shape index (κ2) is 9.23. The summed E-state index contributed by atoms with van der Waals surface area (Å²) < 4.78 is 8.66. The molecular weight excluding hydrogens is 185 g/mol. The molecule has 0 bridgehead atoms. The van der Waals surface area contributed by atoms with Crippen LogP contribution in [0.25, 0.3) is 0 Å². The first-order chi connectivity index (χ1) is 3.73. The smallest absolute Gasteiger partial charge is 0.291 e. The van der Waals surface area contributed by atoms with Gasteiger partial charge in [-0.1, -0.05) is 0 Å². The van der Waals surface area contributed by atoms with E-state index in [9.17, 15) is 0 Å². The molecule has 11 heteroatoms. The minimum atomic E-state index is -5.14. The lowest BCUT2D eigenvalue weighted by Gasteiger charge is -2.19. The maximum Gasteiger partial charge on any atom is 0.291 e. The fraction of sp³-hybridized carbons (Fsp3) is 0. The molecule has 0 radical (unpaired) electrons. The molecule has 0 aliphatic carbocycles. The van der Waals surface area contributed by atoms with Crippen LogP contribution < -0.4 is 22.1 Å². The van der Waals surface area contributed by atoms with Crippen molar-refractivity contribution in [3.8, 4) is 0 Å². The van der Waals surface area contributed by atoms with Crippen molar-refractivity contribution in [1.82, 2.24) is 12.3 Å². The van der Waals surface area contributed by atoms with E-state index >= 15 is 0 Å². The van der Waals surface area contributed by atoms with Crippen molar-refractivity contribution < 1.29 is 29.5 Å². The molecule has 10 N–H and O–H groups in total. The molecule has 0 aliphatic rings. The monoisotopic (exact) mass is 195 g/mol. The van der Waals surface area contributed by atoms with Crippen LogP contribution in [0.5, 0.6) is 0 Å². The average Bonchev–Trinajstić information content (AvgIpc) is 1.19. The molecule has 0 aromatic heterocycles. The van der Waals surface area contributed by atoms with Gasteiger partial charge in [-0.15, -0.1) is 10.1 Å². The van der Waals surface area contributed by atoms with E-state index in [0.717, 1.165) is 0 Å². The summed E-state index contributed by atoms with van der Waals surface area (Å²) in [4.78, 5) is 32.6. The molecular formula is H10N3O7P. The zero-order valence-corrected chi connectivity index (χ0v) is 6.72. The Labute approximate surface area is 61.0 Å². The molecule has 11 heavy (non-hydrogen) atoms. The SMILES string of the molecule is O=P([O-])([O-])O.O=[N+]([O-])O.[NH4+].[NH4+]. The summed E-state index contributed by atoms with van der Waals surface area (Å²) in [5.41, 5.74) is 0. The Morgan fingerprint density at radius 3 is 1.27 bits per heavy atom. The second-order valence-electron chi connectivity index (χ2n) is 0.706. The Hall–Kier alpha value is -0.770. The van der Waals surface area contributed by atoms with E-state index in [1.807, 2.05) is 0 Å². The highest BCUT2D eigenvalue weighted by Crippen LogP contribution is 2.11. The number of nitrogens with zero attached hydrogens (tertiary/aromatic N) is 1. The minimum absolute atomic E-state index is 0. The van der Waals surface area contributed by atoms with Crippen LogP contribution >= 0.6 is 7.82 Å². The largest absolute Gasteiger partial charge is 0.790 e. The van der Waals surface area contributed by atoms with Crippen LogP contribution in [0.15, 0.2) is 0 Å². The zero-order chi connectivity index (χ0) is 8.08. The van der Waals surface area contributed by atoms with Gasteiger partial charge in [-0.05, 0) is 0 Å². The van der Waals surface area contributed by atoms with Gasteiger partial charge in [0, 0.05) is 0 Å². The van der Waals surface area contributed by atoms with Gasteiger partial charge in [-0.3, -0.25) is 0 Å². The van der Waals surface area contributed by atoms with Crippen LogP contribution in [0.3, 0.4) is 0 Å². The molecule has 0 saturated carbocycles. The highest BCUT2D eigenvalue weighted by molar-refractivity contribution is 7.42. The summed E-state index contributed by atoms with van der Waals surface area (Å²) >= 11 is 0. The number of rotatable bonds is 0. The first kappa shape index (κ1) is 22.5. The van der Waals surface area contributed by atoms with Gasteiger partial charge in [0.25, 0.3) is 5.09 Å². The molecule has 0 amide bonds. The third kappa shape index (κ3) is 814. The van der Waals surface area contributed by atoms with E-state index in [2.05, 4.69) is 0 Å². The molecule has 0 aromatic rings. The van der Waals surface area contributed by atoms with E-state index < -0.39 is 12.9 Å². The standard InChI is InChI=1S/HNO3.2H3N.H3O4P/c2-1(3)4;;;1-5(2,3)4/h(H,2,3,4);2*1H3;(H3,1,2,3,4). The van der Waals surface area contributed by atoms with Crippen molar-refractivity contribution in [2.45, 2.75) is 0 Å². The van der Waals surface area contributed by atoms with Crippen molar-refractivity contribution >= 4 is 7.82 Å². The van der Waals surface area contributed by atoms with E-state index in [1.165, 1.54) is 0 Å². The summed E-state index contributed by atoms with van der Waals surface area (Å²) in [5, 5.41) is 13.6. The minimum Gasteiger partial charge on any atom is -0.790 e. The zero-order valence-electron chi connectivity index (χ0n) is 5.83. The highest BCUT2D eigenvalue weighted by Gasteiger charge is 1.65. The molecule has 0 rings (SSSR count). The highest BCUT2D eigenvalue weighted by atomic mass is 31.2. The number of quaternary nitrogens is 2. The van der Waals surface area contributed by atoms with Crippen LogP contribution in [0.1, 0.15) is 0 Å². The molecule has 72 valence electrons. The Morgan fingerprint density at radius 2 is 1.27 bits per heavy atom. The van der Waals surface area contributed by atoms with E-state index in [-0.39, 0.29) is 12.3 Å². The van der Waals surface area contributed by atoms with Crippen LogP contribution in [0.4, 0.5) is 0 Å². The van der Waals surface area contributed by atoms with Crippen LogP contribution in [0.2, 0.25) is 0 Å². The number of hydrogen-bond donors (Lipinski definition) is 4. The molecule has 0 heterocycles. The topological polar surface area (TPSA) is 220 Å².